The number of para-hydroxylation sites is 1. The number of thiazole rings is 1. The lowest BCUT2D eigenvalue weighted by Gasteiger charge is -2.24. The molecule has 1 aromatic carbocycles. The molecule has 112 valence electrons. The molecule has 0 radical (unpaired) electrons. The first-order chi connectivity index (χ1) is 10.3. The molecule has 0 aliphatic carbocycles. The molecule has 3 rings (SSSR count). The van der Waals surface area contributed by atoms with Crippen LogP contribution >= 0.6 is 11.3 Å². The number of hydrogen-bond acceptors (Lipinski definition) is 3. The van der Waals surface area contributed by atoms with Gasteiger partial charge in [-0.3, -0.25) is 4.79 Å². The molecule has 1 saturated heterocycles. The van der Waals surface area contributed by atoms with Gasteiger partial charge in [-0.2, -0.15) is 0 Å². The molecule has 0 N–H and O–H groups in total. The Balaban J connectivity index is 1.56. The van der Waals surface area contributed by atoms with E-state index in [-0.39, 0.29) is 0 Å². The molecule has 1 amide bonds. The van der Waals surface area contributed by atoms with Crippen LogP contribution in [0.15, 0.2) is 24.3 Å². The van der Waals surface area contributed by atoms with E-state index >= 15 is 0 Å². The van der Waals surface area contributed by atoms with E-state index in [1.54, 1.807) is 11.3 Å². The van der Waals surface area contributed by atoms with E-state index in [1.807, 2.05) is 18.2 Å². The highest BCUT2D eigenvalue weighted by atomic mass is 32.1. The van der Waals surface area contributed by atoms with Crippen molar-refractivity contribution in [2.24, 2.45) is 0 Å². The van der Waals surface area contributed by atoms with Crippen LogP contribution in [0.3, 0.4) is 0 Å². The number of amides is 1. The highest BCUT2D eigenvalue weighted by molar-refractivity contribution is 7.18. The fraction of sp³-hybridized carbons (Fsp3) is 0.529. The number of hydrogen-bond donors (Lipinski definition) is 0. The zero-order chi connectivity index (χ0) is 14.5. The Kier molecular flexibility index (Phi) is 4.86. The summed E-state index contributed by atoms with van der Waals surface area (Å²) in [5, 5.41) is 1.08. The van der Waals surface area contributed by atoms with Crippen molar-refractivity contribution in [3.05, 3.63) is 29.3 Å². The number of likely N-dealkylation sites (tertiary alicyclic amines) is 1. The predicted molar refractivity (Wildman–Crippen MR) is 87.6 cm³/mol. The summed E-state index contributed by atoms with van der Waals surface area (Å²) in [7, 11) is 0. The van der Waals surface area contributed by atoms with Crippen molar-refractivity contribution < 1.29 is 4.79 Å². The monoisotopic (exact) mass is 302 g/mol. The second-order valence-corrected chi connectivity index (χ2v) is 6.84. The molecule has 3 nitrogen and oxygen atoms in total. The van der Waals surface area contributed by atoms with E-state index in [0.29, 0.717) is 12.3 Å². The fourth-order valence-electron chi connectivity index (χ4n) is 2.90. The van der Waals surface area contributed by atoms with E-state index in [2.05, 4.69) is 16.0 Å². The van der Waals surface area contributed by atoms with Crippen molar-refractivity contribution >= 4 is 27.5 Å². The zero-order valence-electron chi connectivity index (χ0n) is 12.4. The van der Waals surface area contributed by atoms with Crippen molar-refractivity contribution in [3.63, 3.8) is 0 Å². The maximum Gasteiger partial charge on any atom is 0.222 e. The maximum absolute atomic E-state index is 12.4. The van der Waals surface area contributed by atoms with Gasteiger partial charge in [0.15, 0.2) is 0 Å². The summed E-state index contributed by atoms with van der Waals surface area (Å²) in [5.74, 6) is 0.302. The summed E-state index contributed by atoms with van der Waals surface area (Å²) in [4.78, 5) is 19.0. The summed E-state index contributed by atoms with van der Waals surface area (Å²) >= 11 is 1.71. The number of aromatic nitrogens is 1. The minimum Gasteiger partial charge on any atom is -0.343 e. The first-order valence-corrected chi connectivity index (χ1v) is 8.77. The SMILES string of the molecule is O=C(CCc1nc2ccccc2s1)N1CCCCCCC1. The van der Waals surface area contributed by atoms with Crippen LogP contribution in [-0.2, 0) is 11.2 Å². The van der Waals surface area contributed by atoms with Crippen LogP contribution in [0.25, 0.3) is 10.2 Å². The van der Waals surface area contributed by atoms with Gasteiger partial charge in [-0.25, -0.2) is 4.98 Å². The van der Waals surface area contributed by atoms with E-state index in [4.69, 9.17) is 0 Å². The smallest absolute Gasteiger partial charge is 0.222 e. The quantitative estimate of drug-likeness (QED) is 0.858. The van der Waals surface area contributed by atoms with Crippen LogP contribution in [-0.4, -0.2) is 28.9 Å². The van der Waals surface area contributed by atoms with Gasteiger partial charge in [-0.15, -0.1) is 11.3 Å². The third-order valence-electron chi connectivity index (χ3n) is 4.10. The number of carbonyl (C=O) groups excluding carboxylic acids is 1. The van der Waals surface area contributed by atoms with Gasteiger partial charge < -0.3 is 4.90 Å². The minimum atomic E-state index is 0.302. The van der Waals surface area contributed by atoms with E-state index in [0.717, 1.165) is 42.9 Å². The molecule has 0 bridgehead atoms. The number of carbonyl (C=O) groups is 1. The molecule has 0 saturated carbocycles. The van der Waals surface area contributed by atoms with Gasteiger partial charge in [-0.1, -0.05) is 31.4 Å². The average Bonchev–Trinajstić information content (AvgIpc) is 2.87. The van der Waals surface area contributed by atoms with Gasteiger partial charge in [0, 0.05) is 25.9 Å². The second kappa shape index (κ2) is 7.03. The molecule has 21 heavy (non-hydrogen) atoms. The summed E-state index contributed by atoms with van der Waals surface area (Å²) in [6, 6.07) is 8.18. The van der Waals surface area contributed by atoms with E-state index < -0.39 is 0 Å². The molecule has 4 heteroatoms. The number of rotatable bonds is 3. The lowest BCUT2D eigenvalue weighted by atomic mass is 10.1. The van der Waals surface area contributed by atoms with Gasteiger partial charge >= 0.3 is 0 Å². The normalized spacial score (nSPS) is 16.7. The van der Waals surface area contributed by atoms with Crippen LogP contribution in [0.5, 0.6) is 0 Å². The Morgan fingerprint density at radius 2 is 1.81 bits per heavy atom. The van der Waals surface area contributed by atoms with Crippen LogP contribution in [0.4, 0.5) is 0 Å². The Hall–Kier alpha value is -1.42. The van der Waals surface area contributed by atoms with Gasteiger partial charge in [0.25, 0.3) is 0 Å². The first-order valence-electron chi connectivity index (χ1n) is 7.95. The molecular formula is C17H22N2OS. The highest BCUT2D eigenvalue weighted by Crippen LogP contribution is 2.22. The summed E-state index contributed by atoms with van der Waals surface area (Å²) < 4.78 is 1.21. The molecule has 2 heterocycles. The Bertz CT molecular complexity index is 567. The molecule has 2 aromatic rings. The third-order valence-corrected chi connectivity index (χ3v) is 5.20. The highest BCUT2D eigenvalue weighted by Gasteiger charge is 2.15. The largest absolute Gasteiger partial charge is 0.343 e. The van der Waals surface area contributed by atoms with Crippen LogP contribution in [0.2, 0.25) is 0 Å². The van der Waals surface area contributed by atoms with Gasteiger partial charge in [0.2, 0.25) is 5.91 Å². The standard InChI is InChI=1S/C17H22N2OS/c20-17(19-12-6-2-1-3-7-13-19)11-10-16-18-14-8-4-5-9-15(14)21-16/h4-5,8-9H,1-3,6-7,10-13H2. The second-order valence-electron chi connectivity index (χ2n) is 5.72. The predicted octanol–water partition coefficient (Wildman–Crippen LogP) is 4.02. The number of benzene rings is 1. The Labute approximate surface area is 130 Å². The number of fused-ring (bicyclic) bond motifs is 1. The Morgan fingerprint density at radius 3 is 2.57 bits per heavy atom. The summed E-state index contributed by atoms with van der Waals surface area (Å²) in [5.41, 5.74) is 1.05. The van der Waals surface area contributed by atoms with Crippen molar-refractivity contribution in [3.8, 4) is 0 Å². The third kappa shape index (κ3) is 3.82. The number of nitrogens with zero attached hydrogens (tertiary/aromatic N) is 2. The van der Waals surface area contributed by atoms with Crippen molar-refractivity contribution in [2.75, 3.05) is 13.1 Å². The minimum absolute atomic E-state index is 0.302. The van der Waals surface area contributed by atoms with Crippen molar-refractivity contribution in [1.82, 2.24) is 9.88 Å². The van der Waals surface area contributed by atoms with Gasteiger partial charge in [0.1, 0.15) is 0 Å². The average molecular weight is 302 g/mol. The topological polar surface area (TPSA) is 33.2 Å². The van der Waals surface area contributed by atoms with Crippen LogP contribution in [0, 0.1) is 0 Å². The van der Waals surface area contributed by atoms with E-state index in [1.165, 1.54) is 24.0 Å². The number of aryl methyl sites for hydroxylation is 1. The molecule has 0 spiro atoms. The van der Waals surface area contributed by atoms with Crippen LogP contribution in [0.1, 0.15) is 43.5 Å². The maximum atomic E-state index is 12.4. The molecule has 0 unspecified atom stereocenters. The van der Waals surface area contributed by atoms with Crippen LogP contribution < -0.4 is 0 Å². The Morgan fingerprint density at radius 1 is 1.10 bits per heavy atom. The molecule has 1 aromatic heterocycles. The summed E-state index contributed by atoms with van der Waals surface area (Å²) in [6.07, 6.45) is 7.55. The molecule has 1 fully saturated rings. The van der Waals surface area contributed by atoms with Gasteiger partial charge in [0.05, 0.1) is 15.2 Å². The fourth-order valence-corrected chi connectivity index (χ4v) is 3.86. The van der Waals surface area contributed by atoms with Crippen molar-refractivity contribution in [1.29, 1.82) is 0 Å². The van der Waals surface area contributed by atoms with Gasteiger partial charge in [-0.05, 0) is 25.0 Å². The lowest BCUT2D eigenvalue weighted by molar-refractivity contribution is -0.131. The molecule has 0 atom stereocenters. The molecule has 1 aliphatic heterocycles. The van der Waals surface area contributed by atoms with Crippen molar-refractivity contribution in [2.45, 2.75) is 44.9 Å². The zero-order valence-corrected chi connectivity index (χ0v) is 13.2. The molecule has 1 aliphatic rings. The lowest BCUT2D eigenvalue weighted by Crippen LogP contribution is -2.33. The molecular weight excluding hydrogens is 280 g/mol. The van der Waals surface area contributed by atoms with E-state index in [9.17, 15) is 4.79 Å². The first kappa shape index (κ1) is 14.5. The summed E-state index contributed by atoms with van der Waals surface area (Å²) in [6.45, 7) is 1.89.